The van der Waals surface area contributed by atoms with Gasteiger partial charge in [-0.15, -0.1) is 0 Å². The Morgan fingerprint density at radius 1 is 1.12 bits per heavy atom. The van der Waals surface area contributed by atoms with Gasteiger partial charge in [0.05, 0.1) is 20.3 Å². The van der Waals surface area contributed by atoms with Crippen molar-refractivity contribution in [3.05, 3.63) is 17.7 Å². The van der Waals surface area contributed by atoms with Gasteiger partial charge in [-0.2, -0.15) is 0 Å². The molecule has 0 spiro atoms. The predicted molar refractivity (Wildman–Crippen MR) is 64.7 cm³/mol. The molecule has 1 atom stereocenters. The molecule has 0 saturated heterocycles. The largest absolute Gasteiger partial charge is 0.493 e. The van der Waals surface area contributed by atoms with E-state index in [-0.39, 0.29) is 6.10 Å². The minimum Gasteiger partial charge on any atom is -0.493 e. The number of methoxy groups -OCH3 is 2. The van der Waals surface area contributed by atoms with Crippen molar-refractivity contribution in [1.82, 2.24) is 0 Å². The van der Waals surface area contributed by atoms with Crippen LogP contribution >= 0.6 is 0 Å². The molecule has 0 amide bonds. The van der Waals surface area contributed by atoms with E-state index >= 15 is 0 Å². The maximum atomic E-state index is 5.81. The quantitative estimate of drug-likeness (QED) is 0.768. The highest BCUT2D eigenvalue weighted by molar-refractivity contribution is 5.53. The lowest BCUT2D eigenvalue weighted by molar-refractivity contribution is 0.198. The Hall–Kier alpha value is -1.38. The predicted octanol–water partition coefficient (Wildman–Crippen LogP) is 3.19. The van der Waals surface area contributed by atoms with Crippen LogP contribution in [0.1, 0.15) is 25.8 Å². The summed E-state index contributed by atoms with van der Waals surface area (Å²) in [6.07, 6.45) is 1.09. The molecule has 0 bridgehead atoms. The molecule has 0 N–H and O–H groups in total. The van der Waals surface area contributed by atoms with E-state index < -0.39 is 0 Å². The van der Waals surface area contributed by atoms with Crippen LogP contribution in [-0.2, 0) is 0 Å². The van der Waals surface area contributed by atoms with Gasteiger partial charge < -0.3 is 14.2 Å². The van der Waals surface area contributed by atoms with Gasteiger partial charge in [0.2, 0.25) is 5.75 Å². The van der Waals surface area contributed by atoms with Gasteiger partial charge in [0, 0.05) is 0 Å². The number of hydrogen-bond donors (Lipinski definition) is 0. The van der Waals surface area contributed by atoms with Crippen LogP contribution in [0.25, 0.3) is 0 Å². The minimum atomic E-state index is 0.144. The van der Waals surface area contributed by atoms with Crippen molar-refractivity contribution in [3.8, 4) is 17.2 Å². The van der Waals surface area contributed by atoms with E-state index in [0.29, 0.717) is 5.75 Å². The summed E-state index contributed by atoms with van der Waals surface area (Å²) < 4.78 is 16.4. The van der Waals surface area contributed by atoms with Gasteiger partial charge in [-0.3, -0.25) is 0 Å². The smallest absolute Gasteiger partial charge is 0.203 e. The van der Waals surface area contributed by atoms with Crippen molar-refractivity contribution < 1.29 is 14.2 Å². The van der Waals surface area contributed by atoms with Crippen molar-refractivity contribution in [2.24, 2.45) is 0 Å². The number of ether oxygens (including phenoxy) is 3. The van der Waals surface area contributed by atoms with E-state index in [1.54, 1.807) is 14.2 Å². The molecule has 0 aliphatic rings. The molecule has 1 aromatic rings. The second kappa shape index (κ2) is 5.64. The Morgan fingerprint density at radius 3 is 2.00 bits per heavy atom. The van der Waals surface area contributed by atoms with Gasteiger partial charge in [-0.25, -0.2) is 0 Å². The van der Waals surface area contributed by atoms with Crippen LogP contribution in [0.15, 0.2) is 12.1 Å². The Balaban J connectivity index is 3.11. The fourth-order valence-corrected chi connectivity index (χ4v) is 1.41. The van der Waals surface area contributed by atoms with Crippen LogP contribution in [0.4, 0.5) is 0 Å². The first-order valence-electron chi connectivity index (χ1n) is 5.51. The second-order valence-corrected chi connectivity index (χ2v) is 3.84. The van der Waals surface area contributed by atoms with Crippen LogP contribution < -0.4 is 14.2 Å². The number of rotatable bonds is 5. The molecule has 1 aromatic carbocycles. The van der Waals surface area contributed by atoms with E-state index in [2.05, 4.69) is 6.92 Å². The molecule has 0 saturated carbocycles. The van der Waals surface area contributed by atoms with Crippen LogP contribution in [0.2, 0.25) is 0 Å². The molecule has 0 aliphatic carbocycles. The van der Waals surface area contributed by atoms with E-state index in [1.165, 1.54) is 0 Å². The van der Waals surface area contributed by atoms with Crippen molar-refractivity contribution in [2.75, 3.05) is 14.2 Å². The Bertz CT molecular complexity index is 322. The van der Waals surface area contributed by atoms with Crippen molar-refractivity contribution in [2.45, 2.75) is 33.3 Å². The molecule has 90 valence electrons. The Morgan fingerprint density at radius 2 is 1.62 bits per heavy atom. The molecule has 1 rings (SSSR count). The molecular weight excluding hydrogens is 204 g/mol. The summed E-state index contributed by atoms with van der Waals surface area (Å²) >= 11 is 0. The first kappa shape index (κ1) is 12.7. The second-order valence-electron chi connectivity index (χ2n) is 3.84. The summed E-state index contributed by atoms with van der Waals surface area (Å²) in [4.78, 5) is 0. The summed E-state index contributed by atoms with van der Waals surface area (Å²) in [6, 6.07) is 3.89. The Labute approximate surface area is 97.3 Å². The fourth-order valence-electron chi connectivity index (χ4n) is 1.41. The molecule has 0 heterocycles. The highest BCUT2D eigenvalue weighted by atomic mass is 16.5. The first-order chi connectivity index (χ1) is 7.62. The topological polar surface area (TPSA) is 27.7 Å². The van der Waals surface area contributed by atoms with E-state index in [9.17, 15) is 0 Å². The number of aryl methyl sites for hydroxylation is 1. The molecule has 3 nitrogen and oxygen atoms in total. The highest BCUT2D eigenvalue weighted by Gasteiger charge is 2.14. The van der Waals surface area contributed by atoms with Crippen LogP contribution in [-0.4, -0.2) is 20.3 Å². The van der Waals surface area contributed by atoms with Gasteiger partial charge >= 0.3 is 0 Å². The molecular formula is C13H20O3. The summed E-state index contributed by atoms with van der Waals surface area (Å²) in [5.41, 5.74) is 1.09. The molecule has 0 aliphatic heterocycles. The standard InChI is InChI=1S/C13H20O3/c1-6-10(3)16-13-11(14-4)7-9(2)8-12(13)15-5/h7-8,10H,6H2,1-5H3. The third kappa shape index (κ3) is 2.81. The monoisotopic (exact) mass is 224 g/mol. The van der Waals surface area contributed by atoms with Crippen LogP contribution in [0.5, 0.6) is 17.2 Å². The van der Waals surface area contributed by atoms with Gasteiger partial charge in [0.1, 0.15) is 0 Å². The lowest BCUT2D eigenvalue weighted by Crippen LogP contribution is -2.11. The molecule has 1 unspecified atom stereocenters. The van der Waals surface area contributed by atoms with E-state index in [0.717, 1.165) is 23.5 Å². The zero-order valence-corrected chi connectivity index (χ0v) is 10.7. The van der Waals surface area contributed by atoms with Gasteiger partial charge in [0.15, 0.2) is 11.5 Å². The van der Waals surface area contributed by atoms with E-state index in [1.807, 2.05) is 26.0 Å². The average molecular weight is 224 g/mol. The maximum Gasteiger partial charge on any atom is 0.203 e. The van der Waals surface area contributed by atoms with Crippen molar-refractivity contribution >= 4 is 0 Å². The van der Waals surface area contributed by atoms with Crippen molar-refractivity contribution in [1.29, 1.82) is 0 Å². The molecule has 16 heavy (non-hydrogen) atoms. The summed E-state index contributed by atoms with van der Waals surface area (Å²) in [5.74, 6) is 2.12. The van der Waals surface area contributed by atoms with Gasteiger partial charge in [-0.05, 0) is 38.0 Å². The summed E-state index contributed by atoms with van der Waals surface area (Å²) in [7, 11) is 3.27. The molecule has 0 fully saturated rings. The Kier molecular flexibility index (Phi) is 4.47. The first-order valence-corrected chi connectivity index (χ1v) is 5.51. The minimum absolute atomic E-state index is 0.144. The lowest BCUT2D eigenvalue weighted by Gasteiger charge is -2.18. The lowest BCUT2D eigenvalue weighted by atomic mass is 10.2. The summed E-state index contributed by atoms with van der Waals surface area (Å²) in [5, 5.41) is 0. The van der Waals surface area contributed by atoms with Crippen LogP contribution in [0.3, 0.4) is 0 Å². The third-order valence-electron chi connectivity index (χ3n) is 2.50. The third-order valence-corrected chi connectivity index (χ3v) is 2.50. The average Bonchev–Trinajstić information content (AvgIpc) is 2.30. The zero-order chi connectivity index (χ0) is 12.1. The van der Waals surface area contributed by atoms with Gasteiger partial charge in [-0.1, -0.05) is 6.92 Å². The molecule has 0 aromatic heterocycles. The van der Waals surface area contributed by atoms with Gasteiger partial charge in [0.25, 0.3) is 0 Å². The highest BCUT2D eigenvalue weighted by Crippen LogP contribution is 2.39. The normalized spacial score (nSPS) is 12.1. The SMILES string of the molecule is CCC(C)Oc1c(OC)cc(C)cc1OC. The molecule has 0 radical (unpaired) electrons. The maximum absolute atomic E-state index is 5.81. The van der Waals surface area contributed by atoms with E-state index in [4.69, 9.17) is 14.2 Å². The number of hydrogen-bond acceptors (Lipinski definition) is 3. The van der Waals surface area contributed by atoms with Crippen LogP contribution in [0, 0.1) is 6.92 Å². The summed E-state index contributed by atoms with van der Waals surface area (Å²) in [6.45, 7) is 6.11. The van der Waals surface area contributed by atoms with Crippen molar-refractivity contribution in [3.63, 3.8) is 0 Å². The zero-order valence-electron chi connectivity index (χ0n) is 10.7. The fraction of sp³-hybridized carbons (Fsp3) is 0.538. The number of benzene rings is 1. The molecule has 3 heteroatoms.